The van der Waals surface area contributed by atoms with E-state index in [0.29, 0.717) is 12.0 Å². The van der Waals surface area contributed by atoms with Crippen molar-refractivity contribution in [1.29, 1.82) is 0 Å². The Balaban J connectivity index is 1.55. The Morgan fingerprint density at radius 1 is 1.14 bits per heavy atom. The van der Waals surface area contributed by atoms with Gasteiger partial charge in [0.05, 0.1) is 12.0 Å². The first-order valence-electron chi connectivity index (χ1n) is 10.3. The van der Waals surface area contributed by atoms with Crippen LogP contribution in [-0.4, -0.2) is 54.2 Å². The van der Waals surface area contributed by atoms with Crippen LogP contribution in [0.3, 0.4) is 0 Å². The van der Waals surface area contributed by atoms with E-state index in [1.54, 1.807) is 0 Å². The van der Waals surface area contributed by atoms with Gasteiger partial charge in [-0.15, -0.1) is 10.2 Å². The summed E-state index contributed by atoms with van der Waals surface area (Å²) >= 11 is 0. The fraction of sp³-hybridized carbons (Fsp3) is 0.524. The average molecular weight is 380 g/mol. The van der Waals surface area contributed by atoms with Gasteiger partial charge in [0.1, 0.15) is 0 Å². The number of rotatable bonds is 7. The zero-order valence-corrected chi connectivity index (χ0v) is 16.8. The Hall–Kier alpha value is -2.54. The fourth-order valence-electron chi connectivity index (χ4n) is 4.20. The maximum absolute atomic E-state index is 4.83. The Bertz CT molecular complexity index is 846. The van der Waals surface area contributed by atoms with Gasteiger partial charge in [-0.1, -0.05) is 35.5 Å². The highest BCUT2D eigenvalue weighted by Gasteiger charge is 2.27. The lowest BCUT2D eigenvalue weighted by Gasteiger charge is -2.35. The molecule has 1 aliphatic heterocycles. The van der Waals surface area contributed by atoms with Gasteiger partial charge in [-0.25, -0.2) is 4.98 Å². The van der Waals surface area contributed by atoms with Crippen molar-refractivity contribution in [2.24, 2.45) is 0 Å². The topological polar surface area (TPSA) is 75.5 Å². The average Bonchev–Trinajstić information content (AvgIpc) is 3.39. The number of hydrogen-bond acceptors (Lipinski definition) is 5. The highest BCUT2D eigenvalue weighted by Crippen LogP contribution is 2.35. The third-order valence-corrected chi connectivity index (χ3v) is 5.76. The lowest BCUT2D eigenvalue weighted by atomic mass is 9.90. The van der Waals surface area contributed by atoms with Gasteiger partial charge in [-0.3, -0.25) is 0 Å². The molecule has 0 radical (unpaired) electrons. The molecule has 1 fully saturated rings. The van der Waals surface area contributed by atoms with E-state index < -0.39 is 0 Å². The van der Waals surface area contributed by atoms with Gasteiger partial charge in [0.25, 0.3) is 0 Å². The van der Waals surface area contributed by atoms with Crippen molar-refractivity contribution in [3.63, 3.8) is 0 Å². The Morgan fingerprint density at radius 3 is 2.61 bits per heavy atom. The molecule has 1 saturated heterocycles. The lowest BCUT2D eigenvalue weighted by molar-refractivity contribution is 0.170. The molecule has 0 atom stereocenters. The van der Waals surface area contributed by atoms with Gasteiger partial charge in [0.15, 0.2) is 5.82 Å². The van der Waals surface area contributed by atoms with Crippen molar-refractivity contribution >= 4 is 0 Å². The summed E-state index contributed by atoms with van der Waals surface area (Å²) in [5.41, 5.74) is 3.74. The largest absolute Gasteiger partial charge is 0.334 e. The number of piperidine rings is 1. The number of aromatic nitrogens is 6. The minimum atomic E-state index is 0.554. The van der Waals surface area contributed by atoms with Crippen molar-refractivity contribution < 1.29 is 0 Å². The lowest BCUT2D eigenvalue weighted by Crippen LogP contribution is -2.38. The summed E-state index contributed by atoms with van der Waals surface area (Å²) in [7, 11) is 0. The van der Waals surface area contributed by atoms with E-state index in [1.807, 2.05) is 6.33 Å². The van der Waals surface area contributed by atoms with Crippen LogP contribution in [0.4, 0.5) is 0 Å². The second kappa shape index (κ2) is 8.65. The van der Waals surface area contributed by atoms with Crippen molar-refractivity contribution in [2.45, 2.75) is 58.0 Å². The van der Waals surface area contributed by atoms with E-state index in [0.717, 1.165) is 44.0 Å². The molecule has 28 heavy (non-hydrogen) atoms. The monoisotopic (exact) mass is 379 g/mol. The van der Waals surface area contributed by atoms with E-state index in [2.05, 4.69) is 74.3 Å². The summed E-state index contributed by atoms with van der Waals surface area (Å²) in [5, 5.41) is 14.3. The number of H-pyrrole nitrogens is 1. The van der Waals surface area contributed by atoms with Gasteiger partial charge in [-0.2, -0.15) is 5.21 Å². The molecular weight excluding hydrogens is 350 g/mol. The molecule has 4 rings (SSSR count). The number of aromatic amines is 1. The maximum Gasteiger partial charge on any atom is 0.174 e. The van der Waals surface area contributed by atoms with E-state index >= 15 is 0 Å². The quantitative estimate of drug-likeness (QED) is 0.682. The molecule has 1 N–H and O–H groups in total. The second-order valence-electron chi connectivity index (χ2n) is 7.87. The van der Waals surface area contributed by atoms with Crippen LogP contribution < -0.4 is 0 Å². The molecule has 1 aromatic carbocycles. The van der Waals surface area contributed by atoms with E-state index in [-0.39, 0.29) is 0 Å². The summed E-state index contributed by atoms with van der Waals surface area (Å²) in [6.07, 6.45) is 6.19. The Morgan fingerprint density at radius 2 is 1.93 bits per heavy atom. The molecule has 0 bridgehead atoms. The van der Waals surface area contributed by atoms with Crippen LogP contribution in [0.2, 0.25) is 0 Å². The SMILES string of the molecule is CC(C)N1CCC(c2c(-c3ccccc3)ncn2CCCc2nn[nH]n2)CC1. The van der Waals surface area contributed by atoms with Crippen LogP contribution >= 0.6 is 0 Å². The van der Waals surface area contributed by atoms with Crippen molar-refractivity contribution in [2.75, 3.05) is 13.1 Å². The second-order valence-corrected chi connectivity index (χ2v) is 7.87. The first-order chi connectivity index (χ1) is 13.7. The molecule has 7 nitrogen and oxygen atoms in total. The third kappa shape index (κ3) is 4.14. The van der Waals surface area contributed by atoms with Crippen LogP contribution in [-0.2, 0) is 13.0 Å². The predicted octanol–water partition coefficient (Wildman–Crippen LogP) is 3.28. The Labute approximate surface area is 166 Å². The number of likely N-dealkylation sites (tertiary alicyclic amines) is 1. The maximum atomic E-state index is 4.83. The molecule has 0 unspecified atom stereocenters. The minimum absolute atomic E-state index is 0.554. The number of nitrogens with zero attached hydrogens (tertiary/aromatic N) is 6. The molecule has 7 heteroatoms. The fourth-order valence-corrected chi connectivity index (χ4v) is 4.20. The standard InChI is InChI=1S/C21H29N7/c1-16(2)27-13-10-18(11-14-27)21-20(17-7-4-3-5-8-17)22-15-28(21)12-6-9-19-23-25-26-24-19/h3-5,7-8,15-16,18H,6,9-14H2,1-2H3,(H,23,24,25,26). The predicted molar refractivity (Wildman–Crippen MR) is 109 cm³/mol. The first-order valence-corrected chi connectivity index (χ1v) is 10.3. The summed E-state index contributed by atoms with van der Waals surface area (Å²) in [5.74, 6) is 1.33. The number of aryl methyl sites for hydroxylation is 2. The summed E-state index contributed by atoms with van der Waals surface area (Å²) < 4.78 is 2.36. The normalized spacial score (nSPS) is 16.1. The molecule has 2 aromatic heterocycles. The highest BCUT2D eigenvalue weighted by molar-refractivity contribution is 5.62. The molecule has 0 spiro atoms. The molecule has 3 aromatic rings. The van der Waals surface area contributed by atoms with Crippen LogP contribution in [0, 0.1) is 0 Å². The van der Waals surface area contributed by atoms with E-state index in [9.17, 15) is 0 Å². The molecule has 0 saturated carbocycles. The van der Waals surface area contributed by atoms with Gasteiger partial charge in [0.2, 0.25) is 0 Å². The van der Waals surface area contributed by atoms with Crippen molar-refractivity contribution in [1.82, 2.24) is 35.1 Å². The summed E-state index contributed by atoms with van der Waals surface area (Å²) in [4.78, 5) is 7.41. The van der Waals surface area contributed by atoms with Gasteiger partial charge < -0.3 is 9.47 Å². The molecule has 3 heterocycles. The number of imidazole rings is 1. The molecule has 148 valence electrons. The van der Waals surface area contributed by atoms with Gasteiger partial charge in [-0.05, 0) is 46.2 Å². The van der Waals surface area contributed by atoms with E-state index in [1.165, 1.54) is 24.1 Å². The first kappa shape index (κ1) is 18.8. The molecule has 1 aliphatic rings. The van der Waals surface area contributed by atoms with Gasteiger partial charge in [0, 0.05) is 36.2 Å². The van der Waals surface area contributed by atoms with Gasteiger partial charge >= 0.3 is 0 Å². The molecular formula is C21H29N7. The molecule has 0 amide bonds. The number of tetrazole rings is 1. The Kier molecular flexibility index (Phi) is 5.81. The van der Waals surface area contributed by atoms with Crippen LogP contribution in [0.15, 0.2) is 36.7 Å². The third-order valence-electron chi connectivity index (χ3n) is 5.76. The zero-order chi connectivity index (χ0) is 19.3. The zero-order valence-electron chi connectivity index (χ0n) is 16.8. The van der Waals surface area contributed by atoms with Crippen molar-refractivity contribution in [3.8, 4) is 11.3 Å². The molecule has 0 aliphatic carbocycles. The highest BCUT2D eigenvalue weighted by atomic mass is 15.5. The van der Waals surface area contributed by atoms with E-state index in [4.69, 9.17) is 4.98 Å². The number of benzene rings is 1. The van der Waals surface area contributed by atoms with Crippen LogP contribution in [0.25, 0.3) is 11.3 Å². The van der Waals surface area contributed by atoms with Crippen LogP contribution in [0.5, 0.6) is 0 Å². The van der Waals surface area contributed by atoms with Crippen LogP contribution in [0.1, 0.15) is 50.5 Å². The van der Waals surface area contributed by atoms with Crippen molar-refractivity contribution in [3.05, 3.63) is 48.2 Å². The number of nitrogens with one attached hydrogen (secondary N) is 1. The summed E-state index contributed by atoms with van der Waals surface area (Å²) in [6.45, 7) is 7.82. The number of hydrogen-bond donors (Lipinski definition) is 1. The smallest absolute Gasteiger partial charge is 0.174 e. The minimum Gasteiger partial charge on any atom is -0.334 e. The summed E-state index contributed by atoms with van der Waals surface area (Å²) in [6, 6.07) is 11.2.